The summed E-state index contributed by atoms with van der Waals surface area (Å²) in [6.45, 7) is 3.45. The first-order valence-corrected chi connectivity index (χ1v) is 10.6. The number of anilines is 3. The first kappa shape index (κ1) is 18.4. The molecule has 7 nitrogen and oxygen atoms in total. The monoisotopic (exact) mass is 449 g/mol. The normalized spacial score (nSPS) is 19.8. The van der Waals surface area contributed by atoms with E-state index in [0.29, 0.717) is 23.2 Å². The first-order valence-electron chi connectivity index (χ1n) is 9.00. The van der Waals surface area contributed by atoms with E-state index in [1.807, 2.05) is 30.0 Å². The molecule has 2 fully saturated rings. The number of carbonyl (C=O) groups is 2. The molecule has 2 aliphatic rings. The molecule has 1 unspecified atom stereocenters. The van der Waals surface area contributed by atoms with Gasteiger partial charge in [-0.05, 0) is 49.9 Å². The van der Waals surface area contributed by atoms with Crippen molar-refractivity contribution in [3.8, 4) is 0 Å². The Morgan fingerprint density at radius 3 is 2.81 bits per heavy atom. The molecule has 2 aromatic rings. The van der Waals surface area contributed by atoms with Crippen molar-refractivity contribution in [2.24, 2.45) is 0 Å². The number of amides is 2. The average Bonchev–Trinajstić information content (AvgIpc) is 3.37. The van der Waals surface area contributed by atoms with Gasteiger partial charge in [-0.1, -0.05) is 27.3 Å². The van der Waals surface area contributed by atoms with Crippen LogP contribution in [0.5, 0.6) is 0 Å². The minimum Gasteiger partial charge on any atom is -0.335 e. The van der Waals surface area contributed by atoms with E-state index in [0.717, 1.165) is 41.5 Å². The van der Waals surface area contributed by atoms with Gasteiger partial charge < -0.3 is 10.2 Å². The highest BCUT2D eigenvalue weighted by atomic mass is 79.9. The van der Waals surface area contributed by atoms with Gasteiger partial charge in [0.2, 0.25) is 22.1 Å². The third-order valence-corrected chi connectivity index (χ3v) is 6.81. The summed E-state index contributed by atoms with van der Waals surface area (Å²) < 4.78 is 1.01. The van der Waals surface area contributed by atoms with Crippen LogP contribution in [0.2, 0.25) is 0 Å². The smallest absolute Gasteiger partial charge is 0.247 e. The molecule has 2 amide bonds. The minimum absolute atomic E-state index is 0.0387. The zero-order valence-corrected chi connectivity index (χ0v) is 17.3. The molecule has 9 heteroatoms. The average molecular weight is 450 g/mol. The Labute approximate surface area is 169 Å². The predicted octanol–water partition coefficient (Wildman–Crippen LogP) is 3.34. The summed E-state index contributed by atoms with van der Waals surface area (Å²) in [6.07, 6.45) is 3.12. The zero-order valence-electron chi connectivity index (χ0n) is 14.9. The molecule has 27 heavy (non-hydrogen) atoms. The van der Waals surface area contributed by atoms with Gasteiger partial charge >= 0.3 is 0 Å². The molecule has 142 valence electrons. The Bertz CT molecular complexity index is 886. The summed E-state index contributed by atoms with van der Waals surface area (Å²) in [5, 5.41) is 12.8. The van der Waals surface area contributed by atoms with Gasteiger partial charge in [0.1, 0.15) is 6.04 Å². The number of benzene rings is 1. The highest BCUT2D eigenvalue weighted by molar-refractivity contribution is 9.10. The van der Waals surface area contributed by atoms with Crippen molar-refractivity contribution in [3.63, 3.8) is 0 Å². The molecule has 0 bridgehead atoms. The van der Waals surface area contributed by atoms with Crippen molar-refractivity contribution >= 4 is 55.0 Å². The molecular formula is C18H20BrN5O2S. The summed E-state index contributed by atoms with van der Waals surface area (Å²) in [5.74, 6) is 0.0576. The van der Waals surface area contributed by atoms with E-state index in [9.17, 15) is 9.59 Å². The fourth-order valence-electron chi connectivity index (χ4n) is 3.50. The number of halogens is 1. The molecule has 1 aromatic carbocycles. The maximum atomic E-state index is 12.8. The van der Waals surface area contributed by atoms with Crippen LogP contribution in [-0.4, -0.2) is 41.1 Å². The number of aryl methyl sites for hydroxylation is 1. The molecule has 0 spiro atoms. The van der Waals surface area contributed by atoms with Crippen LogP contribution in [0.15, 0.2) is 22.7 Å². The second-order valence-corrected chi connectivity index (χ2v) is 8.61. The van der Waals surface area contributed by atoms with Crippen molar-refractivity contribution in [2.45, 2.75) is 38.6 Å². The Morgan fingerprint density at radius 1 is 1.26 bits per heavy atom. The Kier molecular flexibility index (Phi) is 5.14. The van der Waals surface area contributed by atoms with Crippen LogP contribution in [0.4, 0.5) is 16.0 Å². The molecular weight excluding hydrogens is 430 g/mol. The molecule has 1 N–H and O–H groups in total. The highest BCUT2D eigenvalue weighted by Gasteiger charge is 2.34. The Balaban J connectivity index is 1.48. The van der Waals surface area contributed by atoms with E-state index >= 15 is 0 Å². The third-order valence-electron chi connectivity index (χ3n) is 4.93. The molecule has 3 heterocycles. The van der Waals surface area contributed by atoms with Crippen LogP contribution in [-0.2, 0) is 9.59 Å². The van der Waals surface area contributed by atoms with E-state index in [4.69, 9.17) is 0 Å². The number of nitrogens with one attached hydrogen (secondary N) is 1. The summed E-state index contributed by atoms with van der Waals surface area (Å²) in [4.78, 5) is 28.4. The lowest BCUT2D eigenvalue weighted by Crippen LogP contribution is -2.39. The van der Waals surface area contributed by atoms with Gasteiger partial charge in [0, 0.05) is 29.7 Å². The SMILES string of the molecule is Cc1cc(NC(=O)C2CCCN2c2nnc(N3CCCC3=O)s2)ccc1Br. The van der Waals surface area contributed by atoms with Crippen LogP contribution in [0.1, 0.15) is 31.2 Å². The molecule has 0 radical (unpaired) electrons. The molecule has 2 aliphatic heterocycles. The largest absolute Gasteiger partial charge is 0.335 e. The van der Waals surface area contributed by atoms with Gasteiger partial charge in [-0.2, -0.15) is 0 Å². The number of hydrogen-bond acceptors (Lipinski definition) is 6. The number of hydrogen-bond donors (Lipinski definition) is 1. The second-order valence-electron chi connectivity index (χ2n) is 6.82. The predicted molar refractivity (Wildman–Crippen MR) is 109 cm³/mol. The van der Waals surface area contributed by atoms with Crippen molar-refractivity contribution in [1.82, 2.24) is 10.2 Å². The van der Waals surface area contributed by atoms with Gasteiger partial charge in [0.25, 0.3) is 0 Å². The van der Waals surface area contributed by atoms with E-state index in [1.54, 1.807) is 4.90 Å². The lowest BCUT2D eigenvalue weighted by molar-refractivity contribution is -0.117. The minimum atomic E-state index is -0.274. The van der Waals surface area contributed by atoms with Crippen LogP contribution >= 0.6 is 27.3 Å². The molecule has 2 saturated heterocycles. The zero-order chi connectivity index (χ0) is 19.0. The number of nitrogens with zero attached hydrogens (tertiary/aromatic N) is 4. The maximum absolute atomic E-state index is 12.8. The summed E-state index contributed by atoms with van der Waals surface area (Å²) in [6, 6.07) is 5.49. The lowest BCUT2D eigenvalue weighted by atomic mass is 10.2. The van der Waals surface area contributed by atoms with E-state index in [1.165, 1.54) is 11.3 Å². The molecule has 0 aliphatic carbocycles. The quantitative estimate of drug-likeness (QED) is 0.773. The van der Waals surface area contributed by atoms with Gasteiger partial charge in [0.05, 0.1) is 0 Å². The standard InChI is InChI=1S/C18H20BrN5O2S/c1-11-10-12(6-7-13(11)19)20-16(26)14-4-2-8-23(14)17-21-22-18(27-17)24-9-3-5-15(24)25/h6-7,10,14H,2-5,8-9H2,1H3,(H,20,26). The number of carbonyl (C=O) groups excluding carboxylic acids is 2. The van der Waals surface area contributed by atoms with Gasteiger partial charge in [-0.15, -0.1) is 10.2 Å². The third kappa shape index (κ3) is 3.70. The topological polar surface area (TPSA) is 78.4 Å². The van der Waals surface area contributed by atoms with Crippen molar-refractivity contribution in [1.29, 1.82) is 0 Å². The van der Waals surface area contributed by atoms with E-state index < -0.39 is 0 Å². The molecule has 4 rings (SSSR count). The fourth-order valence-corrected chi connectivity index (χ4v) is 4.71. The Hall–Kier alpha value is -2.00. The summed E-state index contributed by atoms with van der Waals surface area (Å²) in [5.41, 5.74) is 1.85. The van der Waals surface area contributed by atoms with Crippen LogP contribution in [0.25, 0.3) is 0 Å². The molecule has 0 saturated carbocycles. The number of aromatic nitrogens is 2. The summed E-state index contributed by atoms with van der Waals surface area (Å²) >= 11 is 4.86. The maximum Gasteiger partial charge on any atom is 0.247 e. The van der Waals surface area contributed by atoms with E-state index in [2.05, 4.69) is 31.4 Å². The second kappa shape index (κ2) is 7.55. The Morgan fingerprint density at radius 2 is 2.07 bits per heavy atom. The number of rotatable bonds is 4. The first-order chi connectivity index (χ1) is 13.0. The van der Waals surface area contributed by atoms with Crippen LogP contribution < -0.4 is 15.1 Å². The summed E-state index contributed by atoms with van der Waals surface area (Å²) in [7, 11) is 0. The van der Waals surface area contributed by atoms with Crippen molar-refractivity contribution in [2.75, 3.05) is 28.2 Å². The van der Waals surface area contributed by atoms with Crippen LogP contribution in [0.3, 0.4) is 0 Å². The van der Waals surface area contributed by atoms with Crippen LogP contribution in [0, 0.1) is 6.92 Å². The van der Waals surface area contributed by atoms with E-state index in [-0.39, 0.29) is 17.9 Å². The van der Waals surface area contributed by atoms with Gasteiger partial charge in [-0.3, -0.25) is 14.5 Å². The van der Waals surface area contributed by atoms with Gasteiger partial charge in [0.15, 0.2) is 0 Å². The lowest BCUT2D eigenvalue weighted by Gasteiger charge is -2.22. The molecule has 1 atom stereocenters. The highest BCUT2D eigenvalue weighted by Crippen LogP contribution is 2.34. The fraction of sp³-hybridized carbons (Fsp3) is 0.444. The molecule has 1 aromatic heterocycles. The van der Waals surface area contributed by atoms with Gasteiger partial charge in [-0.25, -0.2) is 0 Å². The van der Waals surface area contributed by atoms with Crippen molar-refractivity contribution in [3.05, 3.63) is 28.2 Å². The van der Waals surface area contributed by atoms with Crippen molar-refractivity contribution < 1.29 is 9.59 Å².